The number of benzene rings is 2. The van der Waals surface area contributed by atoms with Gasteiger partial charge in [-0.15, -0.1) is 0 Å². The molecule has 5 nitrogen and oxygen atoms in total. The van der Waals surface area contributed by atoms with Gasteiger partial charge in [0, 0.05) is 18.5 Å². The zero-order valence-corrected chi connectivity index (χ0v) is 15.9. The Hall–Kier alpha value is -3.07. The van der Waals surface area contributed by atoms with Crippen molar-refractivity contribution in [1.82, 2.24) is 4.98 Å². The summed E-state index contributed by atoms with van der Waals surface area (Å²) in [6.45, 7) is -0.291. The van der Waals surface area contributed by atoms with E-state index in [4.69, 9.17) is 4.74 Å². The van der Waals surface area contributed by atoms with Gasteiger partial charge in [0.1, 0.15) is 11.5 Å². The van der Waals surface area contributed by atoms with Crippen molar-refractivity contribution in [2.75, 3.05) is 10.1 Å². The molecule has 0 amide bonds. The number of hydrogen-bond acceptors (Lipinski definition) is 4. The molecule has 0 N–H and O–H groups in total. The molecule has 0 atom stereocenters. The van der Waals surface area contributed by atoms with E-state index in [1.807, 2.05) is 6.07 Å². The maximum atomic E-state index is 12.9. The van der Waals surface area contributed by atoms with Crippen molar-refractivity contribution < 1.29 is 26.3 Å². The second kappa shape index (κ2) is 8.52. The number of ether oxygens (including phenoxy) is 1. The van der Waals surface area contributed by atoms with Crippen LogP contribution in [-0.2, 0) is 16.6 Å². The van der Waals surface area contributed by atoms with Crippen LogP contribution in [0.1, 0.15) is 5.56 Å². The Morgan fingerprint density at radius 1 is 0.931 bits per heavy atom. The second-order valence-corrected chi connectivity index (χ2v) is 8.05. The molecule has 9 heteroatoms. The summed E-state index contributed by atoms with van der Waals surface area (Å²) < 4.78 is 70.2. The highest BCUT2D eigenvalue weighted by atomic mass is 32.2. The average molecular weight is 422 g/mol. The Labute approximate surface area is 166 Å². The number of halogens is 3. The summed E-state index contributed by atoms with van der Waals surface area (Å²) in [4.78, 5) is 3.89. The molecule has 1 heterocycles. The van der Waals surface area contributed by atoms with E-state index in [0.29, 0.717) is 17.1 Å². The lowest BCUT2D eigenvalue weighted by Crippen LogP contribution is -2.37. The van der Waals surface area contributed by atoms with Gasteiger partial charge in [0.25, 0.3) is 0 Å². The highest BCUT2D eigenvalue weighted by molar-refractivity contribution is 7.92. The van der Waals surface area contributed by atoms with Crippen LogP contribution in [0.3, 0.4) is 0 Å². The smallest absolute Gasteiger partial charge is 0.404 e. The van der Waals surface area contributed by atoms with Gasteiger partial charge in [0.2, 0.25) is 10.0 Å². The molecule has 0 fully saturated rings. The molecule has 3 rings (SSSR count). The van der Waals surface area contributed by atoms with Crippen molar-refractivity contribution in [1.29, 1.82) is 0 Å². The van der Waals surface area contributed by atoms with E-state index in [9.17, 15) is 21.6 Å². The number of pyridine rings is 1. The third-order valence-corrected chi connectivity index (χ3v) is 5.52. The first-order valence-corrected chi connectivity index (χ1v) is 10.1. The zero-order valence-electron chi connectivity index (χ0n) is 15.1. The maximum Gasteiger partial charge on any atom is 0.404 e. The predicted octanol–water partition coefficient (Wildman–Crippen LogP) is 4.77. The molecule has 0 unspecified atom stereocenters. The summed E-state index contributed by atoms with van der Waals surface area (Å²) in [6, 6.07) is 17.8. The van der Waals surface area contributed by atoms with Gasteiger partial charge in [-0.1, -0.05) is 30.3 Å². The average Bonchev–Trinajstić information content (AvgIpc) is 2.66. The van der Waals surface area contributed by atoms with Crippen LogP contribution in [0.15, 0.2) is 79.1 Å². The fraction of sp³-hybridized carbons (Fsp3) is 0.150. The first-order chi connectivity index (χ1) is 13.7. The number of para-hydroxylation sites is 1. The minimum atomic E-state index is -4.87. The molecule has 0 saturated carbocycles. The van der Waals surface area contributed by atoms with Crippen LogP contribution in [0, 0.1) is 0 Å². The third kappa shape index (κ3) is 5.95. The molecule has 0 aliphatic rings. The first kappa shape index (κ1) is 20.7. The zero-order chi connectivity index (χ0) is 20.9. The van der Waals surface area contributed by atoms with Crippen molar-refractivity contribution in [3.05, 3.63) is 84.7 Å². The van der Waals surface area contributed by atoms with Crippen LogP contribution in [0.5, 0.6) is 11.5 Å². The van der Waals surface area contributed by atoms with Gasteiger partial charge in [0.05, 0.1) is 12.2 Å². The molecule has 0 spiro atoms. The molecule has 0 aliphatic carbocycles. The van der Waals surface area contributed by atoms with Crippen LogP contribution >= 0.6 is 0 Å². The lowest BCUT2D eigenvalue weighted by molar-refractivity contribution is -0.106. The van der Waals surface area contributed by atoms with E-state index in [1.54, 1.807) is 42.5 Å². The van der Waals surface area contributed by atoms with Crippen molar-refractivity contribution in [3.8, 4) is 11.5 Å². The van der Waals surface area contributed by atoms with Crippen LogP contribution in [0.2, 0.25) is 0 Å². The van der Waals surface area contributed by atoms with Gasteiger partial charge in [-0.2, -0.15) is 13.2 Å². The number of hydrogen-bond donors (Lipinski definition) is 0. The molecular formula is C20H17F3N2O3S. The molecule has 29 heavy (non-hydrogen) atoms. The summed E-state index contributed by atoms with van der Waals surface area (Å²) in [6.07, 6.45) is -1.98. The Bertz CT molecular complexity index is 1040. The van der Waals surface area contributed by atoms with Crippen molar-refractivity contribution >= 4 is 15.7 Å². The highest BCUT2D eigenvalue weighted by Gasteiger charge is 2.38. The lowest BCUT2D eigenvalue weighted by atomic mass is 10.2. The van der Waals surface area contributed by atoms with E-state index in [1.165, 1.54) is 30.6 Å². The van der Waals surface area contributed by atoms with Crippen molar-refractivity contribution in [3.63, 3.8) is 0 Å². The van der Waals surface area contributed by atoms with Gasteiger partial charge in [-0.05, 0) is 35.9 Å². The minimum absolute atomic E-state index is 0.0616. The number of aromatic nitrogens is 1. The van der Waals surface area contributed by atoms with E-state index < -0.39 is 22.0 Å². The normalized spacial score (nSPS) is 11.8. The Morgan fingerprint density at radius 3 is 2.31 bits per heavy atom. The molecule has 1 aromatic heterocycles. The van der Waals surface area contributed by atoms with E-state index in [0.717, 1.165) is 4.31 Å². The molecule has 152 valence electrons. The SMILES string of the molecule is O=S(=O)(CC(F)(F)F)N(Cc1cccnc1)c1cccc(Oc2ccccc2)c1. The molecule has 0 radical (unpaired) electrons. The van der Waals surface area contributed by atoms with Gasteiger partial charge < -0.3 is 4.74 Å². The summed E-state index contributed by atoms with van der Waals surface area (Å²) in [5, 5.41) is 0. The predicted molar refractivity (Wildman–Crippen MR) is 103 cm³/mol. The molecule has 2 aromatic carbocycles. The van der Waals surface area contributed by atoms with Crippen LogP contribution in [-0.4, -0.2) is 25.3 Å². The maximum absolute atomic E-state index is 12.9. The second-order valence-electron chi connectivity index (χ2n) is 6.15. The third-order valence-electron chi connectivity index (χ3n) is 3.82. The summed E-state index contributed by atoms with van der Waals surface area (Å²) in [7, 11) is -4.70. The number of alkyl halides is 3. The fourth-order valence-electron chi connectivity index (χ4n) is 2.62. The first-order valence-electron chi connectivity index (χ1n) is 8.52. The molecule has 3 aromatic rings. The Morgan fingerprint density at radius 2 is 1.66 bits per heavy atom. The molecular weight excluding hydrogens is 405 g/mol. The van der Waals surface area contributed by atoms with Gasteiger partial charge >= 0.3 is 6.18 Å². The van der Waals surface area contributed by atoms with Gasteiger partial charge in [0.15, 0.2) is 5.75 Å². The Kier molecular flexibility index (Phi) is 6.07. The fourth-order valence-corrected chi connectivity index (χ4v) is 3.97. The topological polar surface area (TPSA) is 59.5 Å². The number of rotatable bonds is 7. The number of anilines is 1. The minimum Gasteiger partial charge on any atom is -0.457 e. The molecule has 0 saturated heterocycles. The lowest BCUT2D eigenvalue weighted by Gasteiger charge is -2.25. The van der Waals surface area contributed by atoms with Gasteiger partial charge in [-0.3, -0.25) is 9.29 Å². The van der Waals surface area contributed by atoms with Crippen molar-refractivity contribution in [2.45, 2.75) is 12.7 Å². The van der Waals surface area contributed by atoms with Crippen LogP contribution in [0.25, 0.3) is 0 Å². The quantitative estimate of drug-likeness (QED) is 0.550. The van der Waals surface area contributed by atoms with Gasteiger partial charge in [-0.25, -0.2) is 8.42 Å². The number of nitrogens with zero attached hydrogens (tertiary/aromatic N) is 2. The summed E-state index contributed by atoms with van der Waals surface area (Å²) in [5.41, 5.74) is 0.513. The van der Waals surface area contributed by atoms with Crippen LogP contribution in [0.4, 0.5) is 18.9 Å². The van der Waals surface area contributed by atoms with E-state index in [2.05, 4.69) is 4.98 Å². The van der Waals surface area contributed by atoms with E-state index in [-0.39, 0.29) is 12.2 Å². The largest absolute Gasteiger partial charge is 0.457 e. The highest BCUT2D eigenvalue weighted by Crippen LogP contribution is 2.30. The molecule has 0 aliphatic heterocycles. The summed E-state index contributed by atoms with van der Waals surface area (Å²) in [5.74, 6) is -1.15. The van der Waals surface area contributed by atoms with Crippen molar-refractivity contribution in [2.24, 2.45) is 0 Å². The Balaban J connectivity index is 1.96. The van der Waals surface area contributed by atoms with E-state index >= 15 is 0 Å². The number of sulfonamides is 1. The van der Waals surface area contributed by atoms with Crippen LogP contribution < -0.4 is 9.04 Å². The summed E-state index contributed by atoms with van der Waals surface area (Å²) >= 11 is 0. The standard InChI is InChI=1S/C20H17F3N2O3S/c21-20(22,23)15-29(26,27)25(14-16-6-5-11-24-13-16)17-7-4-10-19(12-17)28-18-8-2-1-3-9-18/h1-13H,14-15H2. The monoisotopic (exact) mass is 422 g/mol. The molecule has 0 bridgehead atoms.